The monoisotopic (exact) mass is 369 g/mol. The van der Waals surface area contributed by atoms with Crippen LogP contribution in [0.4, 0.5) is 5.69 Å². The van der Waals surface area contributed by atoms with Gasteiger partial charge in [0.15, 0.2) is 17.8 Å². The number of oxazole rings is 1. The lowest BCUT2D eigenvalue weighted by Crippen LogP contribution is -2.27. The van der Waals surface area contributed by atoms with E-state index in [-0.39, 0.29) is 11.6 Å². The molecule has 3 rings (SSSR count). The molecule has 0 aliphatic heterocycles. The topological polar surface area (TPSA) is 80.7 Å². The van der Waals surface area contributed by atoms with Crippen molar-refractivity contribution in [3.63, 3.8) is 0 Å². The van der Waals surface area contributed by atoms with E-state index < -0.39 is 0 Å². The molecule has 0 atom stereocenters. The molecular weight excluding hydrogens is 346 g/mol. The van der Waals surface area contributed by atoms with Gasteiger partial charge in [0.2, 0.25) is 5.76 Å². The minimum atomic E-state index is -0.370. The summed E-state index contributed by atoms with van der Waals surface area (Å²) in [6, 6.07) is 10.7. The molecule has 0 bridgehead atoms. The number of furan rings is 1. The van der Waals surface area contributed by atoms with Gasteiger partial charge in [-0.15, -0.1) is 0 Å². The van der Waals surface area contributed by atoms with Crippen molar-refractivity contribution in [3.05, 3.63) is 54.7 Å². The Labute approximate surface area is 157 Å². The van der Waals surface area contributed by atoms with Crippen LogP contribution in [0.1, 0.15) is 24.3 Å². The molecule has 0 unspecified atom stereocenters. The SMILES string of the molecule is CCN(CC)CCOc1ccc(NC(=O)c2ncoc2-c2ccco2)cc1. The van der Waals surface area contributed by atoms with Crippen molar-refractivity contribution in [2.75, 3.05) is 31.6 Å². The van der Waals surface area contributed by atoms with E-state index >= 15 is 0 Å². The molecule has 1 aromatic carbocycles. The zero-order valence-corrected chi connectivity index (χ0v) is 15.5. The first-order valence-electron chi connectivity index (χ1n) is 8.95. The molecule has 0 aliphatic rings. The van der Waals surface area contributed by atoms with Gasteiger partial charge in [0, 0.05) is 12.2 Å². The third-order valence-corrected chi connectivity index (χ3v) is 4.21. The molecule has 0 radical (unpaired) electrons. The summed E-state index contributed by atoms with van der Waals surface area (Å²) in [6.07, 6.45) is 2.73. The highest BCUT2D eigenvalue weighted by atomic mass is 16.5. The number of aromatic nitrogens is 1. The van der Waals surface area contributed by atoms with Gasteiger partial charge < -0.3 is 23.8 Å². The molecular formula is C20H23N3O4. The fraction of sp³-hybridized carbons (Fsp3) is 0.300. The number of hydrogen-bond donors (Lipinski definition) is 1. The van der Waals surface area contributed by atoms with Gasteiger partial charge in [-0.05, 0) is 49.5 Å². The smallest absolute Gasteiger partial charge is 0.278 e. The second-order valence-corrected chi connectivity index (χ2v) is 5.86. The third kappa shape index (κ3) is 4.77. The number of anilines is 1. The van der Waals surface area contributed by atoms with Crippen molar-refractivity contribution in [1.29, 1.82) is 0 Å². The van der Waals surface area contributed by atoms with Crippen LogP contribution in [0.25, 0.3) is 11.5 Å². The molecule has 1 amide bonds. The van der Waals surface area contributed by atoms with Crippen molar-refractivity contribution in [2.45, 2.75) is 13.8 Å². The van der Waals surface area contributed by atoms with Gasteiger partial charge in [0.25, 0.3) is 5.91 Å². The maximum atomic E-state index is 12.5. The van der Waals surface area contributed by atoms with Crippen molar-refractivity contribution in [1.82, 2.24) is 9.88 Å². The first-order chi connectivity index (χ1) is 13.2. The quantitative estimate of drug-likeness (QED) is 0.616. The Bertz CT molecular complexity index is 837. The average Bonchev–Trinajstić information content (AvgIpc) is 3.37. The molecule has 142 valence electrons. The Kier molecular flexibility index (Phi) is 6.27. The maximum Gasteiger partial charge on any atom is 0.278 e. The summed E-state index contributed by atoms with van der Waals surface area (Å²) in [6.45, 7) is 7.78. The van der Waals surface area contributed by atoms with Gasteiger partial charge in [0.05, 0.1) is 6.26 Å². The van der Waals surface area contributed by atoms with Crippen LogP contribution >= 0.6 is 0 Å². The molecule has 7 heteroatoms. The molecule has 2 heterocycles. The minimum Gasteiger partial charge on any atom is -0.492 e. The Hall–Kier alpha value is -3.06. The summed E-state index contributed by atoms with van der Waals surface area (Å²) in [4.78, 5) is 18.8. The minimum absolute atomic E-state index is 0.171. The normalized spacial score (nSPS) is 10.9. The highest BCUT2D eigenvalue weighted by Crippen LogP contribution is 2.24. The summed E-state index contributed by atoms with van der Waals surface area (Å²) in [5, 5.41) is 2.80. The zero-order valence-electron chi connectivity index (χ0n) is 15.5. The third-order valence-electron chi connectivity index (χ3n) is 4.21. The average molecular weight is 369 g/mol. The Morgan fingerprint density at radius 1 is 1.15 bits per heavy atom. The first kappa shape index (κ1) is 18.7. The second kappa shape index (κ2) is 9.05. The summed E-state index contributed by atoms with van der Waals surface area (Å²) >= 11 is 0. The molecule has 2 aromatic heterocycles. The van der Waals surface area contributed by atoms with E-state index in [1.807, 2.05) is 12.1 Å². The number of carbonyl (C=O) groups excluding carboxylic acids is 1. The summed E-state index contributed by atoms with van der Waals surface area (Å²) in [5.74, 6) is 1.15. The molecule has 0 aliphatic carbocycles. The number of nitrogens with one attached hydrogen (secondary N) is 1. The fourth-order valence-electron chi connectivity index (χ4n) is 2.65. The van der Waals surface area contributed by atoms with E-state index in [0.717, 1.165) is 25.4 Å². The Balaban J connectivity index is 1.57. The van der Waals surface area contributed by atoms with Gasteiger partial charge >= 0.3 is 0 Å². The van der Waals surface area contributed by atoms with E-state index in [1.165, 1.54) is 12.7 Å². The van der Waals surface area contributed by atoms with Crippen LogP contribution in [0.2, 0.25) is 0 Å². The number of carbonyl (C=O) groups is 1. The van der Waals surface area contributed by atoms with Gasteiger partial charge in [-0.1, -0.05) is 13.8 Å². The molecule has 1 N–H and O–H groups in total. The van der Waals surface area contributed by atoms with E-state index in [0.29, 0.717) is 23.8 Å². The predicted molar refractivity (Wildman–Crippen MR) is 102 cm³/mol. The van der Waals surface area contributed by atoms with Gasteiger partial charge in [0.1, 0.15) is 12.4 Å². The van der Waals surface area contributed by atoms with Gasteiger partial charge in [-0.25, -0.2) is 4.98 Å². The van der Waals surface area contributed by atoms with Crippen LogP contribution < -0.4 is 10.1 Å². The van der Waals surface area contributed by atoms with Crippen molar-refractivity contribution < 1.29 is 18.4 Å². The number of benzene rings is 1. The van der Waals surface area contributed by atoms with Crippen LogP contribution in [0.15, 0.2) is 57.9 Å². The maximum absolute atomic E-state index is 12.5. The predicted octanol–water partition coefficient (Wildman–Crippen LogP) is 3.91. The second-order valence-electron chi connectivity index (χ2n) is 5.86. The highest BCUT2D eigenvalue weighted by molar-refractivity contribution is 6.06. The standard InChI is InChI=1S/C20H23N3O4/c1-3-23(4-2)11-13-25-16-9-7-15(8-10-16)22-20(24)18-19(27-14-21-18)17-6-5-12-26-17/h5-10,12,14H,3-4,11,13H2,1-2H3,(H,22,24). The summed E-state index contributed by atoms with van der Waals surface area (Å²) < 4.78 is 16.3. The highest BCUT2D eigenvalue weighted by Gasteiger charge is 2.20. The number of hydrogen-bond acceptors (Lipinski definition) is 6. The van der Waals surface area contributed by atoms with Crippen LogP contribution in [0, 0.1) is 0 Å². The fourth-order valence-corrected chi connectivity index (χ4v) is 2.65. The molecule has 7 nitrogen and oxygen atoms in total. The molecule has 0 saturated carbocycles. The molecule has 0 fully saturated rings. The Morgan fingerprint density at radius 3 is 2.59 bits per heavy atom. The van der Waals surface area contributed by atoms with Crippen molar-refractivity contribution >= 4 is 11.6 Å². The number of ether oxygens (including phenoxy) is 1. The lowest BCUT2D eigenvalue weighted by molar-refractivity contribution is 0.102. The lowest BCUT2D eigenvalue weighted by atomic mass is 10.2. The Morgan fingerprint density at radius 2 is 1.93 bits per heavy atom. The van der Waals surface area contributed by atoms with E-state index in [4.69, 9.17) is 13.6 Å². The molecule has 3 aromatic rings. The van der Waals surface area contributed by atoms with Gasteiger partial charge in [-0.2, -0.15) is 0 Å². The molecule has 0 saturated heterocycles. The lowest BCUT2D eigenvalue weighted by Gasteiger charge is -2.18. The van der Waals surface area contributed by atoms with Crippen molar-refractivity contribution in [2.24, 2.45) is 0 Å². The van der Waals surface area contributed by atoms with Crippen LogP contribution in [0.3, 0.4) is 0 Å². The van der Waals surface area contributed by atoms with Crippen LogP contribution in [-0.4, -0.2) is 42.0 Å². The molecule has 0 spiro atoms. The van der Waals surface area contributed by atoms with Gasteiger partial charge in [-0.3, -0.25) is 4.79 Å². The largest absolute Gasteiger partial charge is 0.492 e. The summed E-state index contributed by atoms with van der Waals surface area (Å²) in [7, 11) is 0. The molecule has 27 heavy (non-hydrogen) atoms. The van der Waals surface area contributed by atoms with E-state index in [2.05, 4.69) is 29.0 Å². The summed E-state index contributed by atoms with van der Waals surface area (Å²) in [5.41, 5.74) is 0.814. The van der Waals surface area contributed by atoms with E-state index in [1.54, 1.807) is 24.3 Å². The van der Waals surface area contributed by atoms with E-state index in [9.17, 15) is 4.79 Å². The number of likely N-dealkylation sites (N-methyl/N-ethyl adjacent to an activating group) is 1. The first-order valence-corrected chi connectivity index (χ1v) is 8.95. The van der Waals surface area contributed by atoms with Crippen LogP contribution in [0.5, 0.6) is 5.75 Å². The zero-order chi connectivity index (χ0) is 19.1. The van der Waals surface area contributed by atoms with Crippen molar-refractivity contribution in [3.8, 4) is 17.3 Å². The number of nitrogens with zero attached hydrogens (tertiary/aromatic N) is 2. The van der Waals surface area contributed by atoms with Crippen LogP contribution in [-0.2, 0) is 0 Å². The number of amides is 1. The number of rotatable bonds is 9.